The molecule has 0 aliphatic carbocycles. The zero-order valence-corrected chi connectivity index (χ0v) is 24.3. The van der Waals surface area contributed by atoms with Gasteiger partial charge >= 0.3 is 0 Å². The van der Waals surface area contributed by atoms with Gasteiger partial charge in [0.25, 0.3) is 10.0 Å². The molecule has 202 valence electrons. The third-order valence-corrected chi connectivity index (χ3v) is 9.04. The van der Waals surface area contributed by atoms with Gasteiger partial charge in [0.2, 0.25) is 11.8 Å². The second-order valence-electron chi connectivity index (χ2n) is 8.23. The number of halogens is 4. The van der Waals surface area contributed by atoms with Gasteiger partial charge in [-0.1, -0.05) is 77.6 Å². The average Bonchev–Trinajstić information content (AvgIpc) is 2.90. The number of carbonyl (C=O) groups excluding carboxylic acids is 2. The van der Waals surface area contributed by atoms with Crippen LogP contribution in [0.5, 0.6) is 0 Å². The summed E-state index contributed by atoms with van der Waals surface area (Å²) in [6.45, 7) is 1.14. The molecule has 3 aromatic rings. The number of rotatable bonds is 10. The maximum atomic E-state index is 13.9. The fourth-order valence-corrected chi connectivity index (χ4v) is 5.85. The lowest BCUT2D eigenvalue weighted by atomic mass is 10.1. The highest BCUT2D eigenvalue weighted by molar-refractivity contribution is 7.92. The van der Waals surface area contributed by atoms with E-state index in [0.717, 1.165) is 4.31 Å². The van der Waals surface area contributed by atoms with Crippen molar-refractivity contribution in [2.45, 2.75) is 30.8 Å². The molecule has 3 rings (SSSR count). The number of hydrogen-bond acceptors (Lipinski definition) is 4. The Balaban J connectivity index is 2.08. The van der Waals surface area contributed by atoms with Crippen molar-refractivity contribution in [2.24, 2.45) is 0 Å². The summed E-state index contributed by atoms with van der Waals surface area (Å²) in [5, 5.41) is 3.54. The van der Waals surface area contributed by atoms with E-state index in [1.807, 2.05) is 0 Å². The zero-order chi connectivity index (χ0) is 28.0. The van der Waals surface area contributed by atoms with Crippen LogP contribution in [0, 0.1) is 0 Å². The molecule has 38 heavy (non-hydrogen) atoms. The highest BCUT2D eigenvalue weighted by Crippen LogP contribution is 2.31. The first kappa shape index (κ1) is 30.1. The molecular formula is C26H25Cl4N3O4S. The van der Waals surface area contributed by atoms with Crippen LogP contribution in [0.3, 0.4) is 0 Å². The average molecular weight is 617 g/mol. The molecule has 0 saturated heterocycles. The van der Waals surface area contributed by atoms with E-state index in [9.17, 15) is 18.0 Å². The van der Waals surface area contributed by atoms with E-state index in [1.54, 1.807) is 43.3 Å². The van der Waals surface area contributed by atoms with E-state index in [4.69, 9.17) is 46.4 Å². The van der Waals surface area contributed by atoms with Gasteiger partial charge in [0.05, 0.1) is 30.7 Å². The third-order valence-electron chi connectivity index (χ3n) is 5.77. The van der Waals surface area contributed by atoms with Crippen molar-refractivity contribution in [3.05, 3.63) is 92.4 Å². The molecule has 0 unspecified atom stereocenters. The van der Waals surface area contributed by atoms with E-state index in [2.05, 4.69) is 5.32 Å². The summed E-state index contributed by atoms with van der Waals surface area (Å²) >= 11 is 24.5. The lowest BCUT2D eigenvalue weighted by Crippen LogP contribution is -2.51. The van der Waals surface area contributed by atoms with E-state index in [1.165, 1.54) is 42.3 Å². The Morgan fingerprint density at radius 3 is 2.03 bits per heavy atom. The number of amides is 2. The maximum Gasteiger partial charge on any atom is 0.264 e. The molecule has 0 aliphatic heterocycles. The van der Waals surface area contributed by atoms with Crippen molar-refractivity contribution in [3.8, 4) is 0 Å². The highest BCUT2D eigenvalue weighted by atomic mass is 35.5. The van der Waals surface area contributed by atoms with Crippen LogP contribution in [-0.4, -0.2) is 44.8 Å². The molecule has 2 amide bonds. The number of hydrogen-bond donors (Lipinski definition) is 1. The van der Waals surface area contributed by atoms with Gasteiger partial charge in [0, 0.05) is 13.6 Å². The topological polar surface area (TPSA) is 86.8 Å². The van der Waals surface area contributed by atoms with Crippen LogP contribution in [0.2, 0.25) is 20.1 Å². The van der Waals surface area contributed by atoms with Crippen LogP contribution in [0.1, 0.15) is 18.9 Å². The molecular weight excluding hydrogens is 592 g/mol. The quantitative estimate of drug-likeness (QED) is 0.300. The summed E-state index contributed by atoms with van der Waals surface area (Å²) < 4.78 is 28.4. The van der Waals surface area contributed by atoms with E-state index >= 15 is 0 Å². The van der Waals surface area contributed by atoms with Gasteiger partial charge in [-0.15, -0.1) is 0 Å². The van der Waals surface area contributed by atoms with Crippen molar-refractivity contribution in [1.29, 1.82) is 0 Å². The van der Waals surface area contributed by atoms with Crippen LogP contribution in [0.15, 0.2) is 71.6 Å². The minimum absolute atomic E-state index is 0.0117. The van der Waals surface area contributed by atoms with Gasteiger partial charge in [-0.05, 0) is 54.4 Å². The summed E-state index contributed by atoms with van der Waals surface area (Å²) in [6.07, 6.45) is 0.283. The normalized spacial score (nSPS) is 12.1. The number of benzene rings is 3. The molecule has 0 aromatic heterocycles. The first-order chi connectivity index (χ1) is 18.0. The zero-order valence-electron chi connectivity index (χ0n) is 20.5. The van der Waals surface area contributed by atoms with Gasteiger partial charge in [-0.2, -0.15) is 0 Å². The highest BCUT2D eigenvalue weighted by Gasteiger charge is 2.33. The Labute approximate surface area is 242 Å². The number of nitrogens with one attached hydrogen (secondary N) is 1. The summed E-state index contributed by atoms with van der Waals surface area (Å²) in [6, 6.07) is 16.0. The summed E-state index contributed by atoms with van der Waals surface area (Å²) in [5.74, 6) is -1.01. The Kier molecular flexibility index (Phi) is 10.3. The molecule has 1 N–H and O–H groups in total. The summed E-state index contributed by atoms with van der Waals surface area (Å²) in [4.78, 5) is 27.9. The Morgan fingerprint density at radius 1 is 0.868 bits per heavy atom. The first-order valence-corrected chi connectivity index (χ1v) is 14.4. The largest absolute Gasteiger partial charge is 0.357 e. The van der Waals surface area contributed by atoms with Crippen molar-refractivity contribution < 1.29 is 18.0 Å². The SMILES string of the molecule is CC[C@@H](C(=O)NC)N(Cc1ccc(Cl)c(Cl)c1)C(=O)CN(c1ccc(Cl)c(Cl)c1)S(=O)(=O)c1ccccc1. The van der Waals surface area contributed by atoms with Crippen LogP contribution >= 0.6 is 46.4 Å². The van der Waals surface area contributed by atoms with E-state index < -0.39 is 34.4 Å². The summed E-state index contributed by atoms with van der Waals surface area (Å²) in [5.41, 5.74) is 0.751. The molecule has 0 bridgehead atoms. The molecule has 0 aliphatic rings. The molecule has 0 heterocycles. The molecule has 0 spiro atoms. The third kappa shape index (κ3) is 6.93. The smallest absolute Gasteiger partial charge is 0.264 e. The van der Waals surface area contributed by atoms with E-state index in [0.29, 0.717) is 10.6 Å². The van der Waals surface area contributed by atoms with Crippen LogP contribution in [0.4, 0.5) is 5.69 Å². The van der Waals surface area contributed by atoms with Gasteiger partial charge in [-0.25, -0.2) is 8.42 Å². The second-order valence-corrected chi connectivity index (χ2v) is 11.7. The second kappa shape index (κ2) is 13.0. The van der Waals surface area contributed by atoms with Crippen molar-refractivity contribution >= 4 is 73.9 Å². The minimum Gasteiger partial charge on any atom is -0.357 e. The van der Waals surface area contributed by atoms with Crippen LogP contribution in [0.25, 0.3) is 0 Å². The number of nitrogens with zero attached hydrogens (tertiary/aromatic N) is 2. The molecule has 0 saturated carbocycles. The van der Waals surface area contributed by atoms with Crippen molar-refractivity contribution in [3.63, 3.8) is 0 Å². The van der Waals surface area contributed by atoms with Gasteiger partial charge in [0.1, 0.15) is 12.6 Å². The van der Waals surface area contributed by atoms with Gasteiger partial charge in [0.15, 0.2) is 0 Å². The van der Waals surface area contributed by atoms with Gasteiger partial charge < -0.3 is 10.2 Å². The van der Waals surface area contributed by atoms with Crippen LogP contribution < -0.4 is 9.62 Å². The lowest BCUT2D eigenvalue weighted by Gasteiger charge is -2.33. The molecule has 7 nitrogen and oxygen atoms in total. The van der Waals surface area contributed by atoms with E-state index in [-0.39, 0.29) is 38.6 Å². The van der Waals surface area contributed by atoms with Crippen LogP contribution in [-0.2, 0) is 26.2 Å². The Morgan fingerprint density at radius 2 is 1.47 bits per heavy atom. The summed E-state index contributed by atoms with van der Waals surface area (Å²) in [7, 11) is -2.74. The van der Waals surface area contributed by atoms with Crippen molar-refractivity contribution in [1.82, 2.24) is 10.2 Å². The lowest BCUT2D eigenvalue weighted by molar-refractivity contribution is -0.140. The standard InChI is InChI=1S/C26H25Cl4N3O4S/c1-3-24(26(35)31-2)32(15-17-9-11-20(27)22(29)13-17)25(34)16-33(18-10-12-21(28)23(30)14-18)38(36,37)19-7-5-4-6-8-19/h4-14,24H,3,15-16H2,1-2H3,(H,31,35)/t24-/m0/s1. The number of carbonyl (C=O) groups is 2. The molecule has 0 fully saturated rings. The number of sulfonamides is 1. The fraction of sp³-hybridized carbons (Fsp3) is 0.231. The number of likely N-dealkylation sites (N-methyl/N-ethyl adjacent to an activating group) is 1. The fourth-order valence-electron chi connectivity index (χ4n) is 3.81. The predicted molar refractivity (Wildman–Crippen MR) is 153 cm³/mol. The Bertz CT molecular complexity index is 1420. The first-order valence-electron chi connectivity index (χ1n) is 11.5. The molecule has 3 aromatic carbocycles. The van der Waals surface area contributed by atoms with Crippen molar-refractivity contribution in [2.75, 3.05) is 17.9 Å². The monoisotopic (exact) mass is 615 g/mol. The van der Waals surface area contributed by atoms with Gasteiger partial charge in [-0.3, -0.25) is 13.9 Å². The number of anilines is 1. The predicted octanol–water partition coefficient (Wildman–Crippen LogP) is 6.05. The Hall–Kier alpha value is -2.49. The molecule has 12 heteroatoms. The maximum absolute atomic E-state index is 13.9. The molecule has 0 radical (unpaired) electrons. The minimum atomic E-state index is -4.21. The molecule has 1 atom stereocenters.